The van der Waals surface area contributed by atoms with Gasteiger partial charge in [-0.15, -0.1) is 0 Å². The third-order valence-electron chi connectivity index (χ3n) is 3.38. The summed E-state index contributed by atoms with van der Waals surface area (Å²) in [5.41, 5.74) is 1.32. The summed E-state index contributed by atoms with van der Waals surface area (Å²) in [5, 5.41) is 2.91. The number of carbonyl (C=O) groups is 1. The van der Waals surface area contributed by atoms with Gasteiger partial charge in [-0.2, -0.15) is 0 Å². The molecule has 122 valence electrons. The van der Waals surface area contributed by atoms with Gasteiger partial charge in [0.25, 0.3) is 5.91 Å². The highest BCUT2D eigenvalue weighted by molar-refractivity contribution is 9.10. The molecule has 0 saturated carbocycles. The number of pyridine rings is 1. The van der Waals surface area contributed by atoms with Crippen molar-refractivity contribution in [1.82, 2.24) is 9.88 Å². The molecule has 5 nitrogen and oxygen atoms in total. The first kappa shape index (κ1) is 17.4. The maximum absolute atomic E-state index is 12.6. The lowest BCUT2D eigenvalue weighted by Crippen LogP contribution is -2.30. The zero-order valence-electron chi connectivity index (χ0n) is 13.6. The molecule has 1 aromatic heterocycles. The summed E-state index contributed by atoms with van der Waals surface area (Å²) in [6.45, 7) is 1.68. The predicted octanol–water partition coefficient (Wildman–Crippen LogP) is 3.09. The maximum Gasteiger partial charge on any atom is 0.259 e. The summed E-state index contributed by atoms with van der Waals surface area (Å²) in [6.07, 6.45) is 1.71. The number of amides is 1. The molecule has 0 saturated heterocycles. The Bertz CT molecular complexity index is 658. The van der Waals surface area contributed by atoms with Gasteiger partial charge < -0.3 is 15.1 Å². The number of benzene rings is 1. The molecule has 23 heavy (non-hydrogen) atoms. The minimum atomic E-state index is -0.160. The number of rotatable bonds is 6. The van der Waals surface area contributed by atoms with E-state index in [0.717, 1.165) is 23.2 Å². The van der Waals surface area contributed by atoms with Crippen LogP contribution < -0.4 is 10.2 Å². The smallest absolute Gasteiger partial charge is 0.259 e. The molecule has 6 heteroatoms. The van der Waals surface area contributed by atoms with Crippen molar-refractivity contribution in [1.29, 1.82) is 0 Å². The zero-order chi connectivity index (χ0) is 16.8. The molecule has 2 aromatic rings. The summed E-state index contributed by atoms with van der Waals surface area (Å²) in [6, 6.07) is 11.1. The van der Waals surface area contributed by atoms with Gasteiger partial charge in [-0.1, -0.05) is 15.9 Å². The van der Waals surface area contributed by atoms with Crippen LogP contribution in [0.15, 0.2) is 47.1 Å². The van der Waals surface area contributed by atoms with Crippen LogP contribution in [0.4, 0.5) is 11.5 Å². The number of nitrogens with zero attached hydrogens (tertiary/aromatic N) is 3. The van der Waals surface area contributed by atoms with E-state index in [2.05, 4.69) is 31.1 Å². The normalized spacial score (nSPS) is 10.7. The Labute approximate surface area is 145 Å². The van der Waals surface area contributed by atoms with Gasteiger partial charge in [-0.05, 0) is 50.5 Å². The highest BCUT2D eigenvalue weighted by Crippen LogP contribution is 2.19. The molecule has 0 atom stereocenters. The van der Waals surface area contributed by atoms with Crippen molar-refractivity contribution in [2.75, 3.05) is 44.4 Å². The first-order valence-corrected chi connectivity index (χ1v) is 8.14. The van der Waals surface area contributed by atoms with Crippen LogP contribution in [-0.4, -0.2) is 50.0 Å². The number of nitrogens with one attached hydrogen (secondary N) is 1. The third-order valence-corrected chi connectivity index (χ3v) is 3.91. The molecule has 0 unspecified atom stereocenters. The predicted molar refractivity (Wildman–Crippen MR) is 98.2 cm³/mol. The molecular weight excluding hydrogens is 356 g/mol. The van der Waals surface area contributed by atoms with Crippen LogP contribution in [0.2, 0.25) is 0 Å². The van der Waals surface area contributed by atoms with E-state index in [9.17, 15) is 4.79 Å². The van der Waals surface area contributed by atoms with Crippen molar-refractivity contribution < 1.29 is 4.79 Å². The maximum atomic E-state index is 12.6. The van der Waals surface area contributed by atoms with Crippen LogP contribution in [0.3, 0.4) is 0 Å². The Morgan fingerprint density at radius 1 is 1.13 bits per heavy atom. The van der Waals surface area contributed by atoms with Gasteiger partial charge in [0.15, 0.2) is 0 Å². The average molecular weight is 377 g/mol. The molecule has 2 rings (SSSR count). The Balaban J connectivity index is 2.15. The number of halogens is 1. The molecule has 1 aromatic carbocycles. The van der Waals surface area contributed by atoms with E-state index in [-0.39, 0.29) is 5.91 Å². The molecule has 0 aliphatic rings. The summed E-state index contributed by atoms with van der Waals surface area (Å²) >= 11 is 3.38. The highest BCUT2D eigenvalue weighted by Gasteiger charge is 2.15. The lowest BCUT2D eigenvalue weighted by molar-refractivity contribution is 0.102. The quantitative estimate of drug-likeness (QED) is 0.841. The number of aromatic nitrogens is 1. The Kier molecular flexibility index (Phi) is 6.12. The topological polar surface area (TPSA) is 48.5 Å². The molecule has 0 aliphatic carbocycles. The lowest BCUT2D eigenvalue weighted by Gasteiger charge is -2.22. The minimum Gasteiger partial charge on any atom is -0.358 e. The van der Waals surface area contributed by atoms with Gasteiger partial charge >= 0.3 is 0 Å². The van der Waals surface area contributed by atoms with Crippen molar-refractivity contribution >= 4 is 33.3 Å². The van der Waals surface area contributed by atoms with Gasteiger partial charge in [0.1, 0.15) is 5.82 Å². The van der Waals surface area contributed by atoms with Crippen molar-refractivity contribution in [3.05, 3.63) is 52.6 Å². The van der Waals surface area contributed by atoms with Crippen LogP contribution in [0.25, 0.3) is 0 Å². The number of hydrogen-bond acceptors (Lipinski definition) is 4. The van der Waals surface area contributed by atoms with Gasteiger partial charge in [0.05, 0.1) is 5.56 Å². The standard InChI is InChI=1S/C17H21BrN4O/c1-21(2)11-12-22(3)16-15(5-4-10-19-16)17(23)20-14-8-6-13(18)7-9-14/h4-10H,11-12H2,1-3H3,(H,20,23). The first-order chi connectivity index (χ1) is 11.0. The average Bonchev–Trinajstić information content (AvgIpc) is 2.54. The minimum absolute atomic E-state index is 0.160. The van der Waals surface area contributed by atoms with E-state index in [4.69, 9.17) is 0 Å². The lowest BCUT2D eigenvalue weighted by atomic mass is 10.2. The summed E-state index contributed by atoms with van der Waals surface area (Å²) in [5.74, 6) is 0.524. The van der Waals surface area contributed by atoms with Crippen LogP contribution in [-0.2, 0) is 0 Å². The fourth-order valence-electron chi connectivity index (χ4n) is 2.07. The second kappa shape index (κ2) is 8.08. The van der Waals surface area contributed by atoms with Crippen LogP contribution >= 0.6 is 15.9 Å². The second-order valence-electron chi connectivity index (χ2n) is 5.56. The Morgan fingerprint density at radius 3 is 2.48 bits per heavy atom. The molecule has 0 fully saturated rings. The van der Waals surface area contributed by atoms with E-state index in [1.54, 1.807) is 18.3 Å². The van der Waals surface area contributed by atoms with E-state index in [1.165, 1.54) is 0 Å². The van der Waals surface area contributed by atoms with E-state index in [0.29, 0.717) is 11.4 Å². The van der Waals surface area contributed by atoms with Gasteiger partial charge in [0, 0.05) is 36.5 Å². The molecule has 1 N–H and O–H groups in total. The fourth-order valence-corrected chi connectivity index (χ4v) is 2.33. The van der Waals surface area contributed by atoms with E-state index < -0.39 is 0 Å². The Morgan fingerprint density at radius 2 is 1.83 bits per heavy atom. The number of anilines is 2. The van der Waals surface area contributed by atoms with Crippen LogP contribution in [0.1, 0.15) is 10.4 Å². The van der Waals surface area contributed by atoms with Crippen molar-refractivity contribution in [2.24, 2.45) is 0 Å². The van der Waals surface area contributed by atoms with Crippen molar-refractivity contribution in [3.8, 4) is 0 Å². The van der Waals surface area contributed by atoms with Gasteiger partial charge in [-0.3, -0.25) is 4.79 Å². The van der Waals surface area contributed by atoms with Crippen molar-refractivity contribution in [2.45, 2.75) is 0 Å². The highest BCUT2D eigenvalue weighted by atomic mass is 79.9. The zero-order valence-corrected chi connectivity index (χ0v) is 15.2. The van der Waals surface area contributed by atoms with Crippen LogP contribution in [0.5, 0.6) is 0 Å². The SMILES string of the molecule is CN(C)CCN(C)c1ncccc1C(=O)Nc1ccc(Br)cc1. The summed E-state index contributed by atoms with van der Waals surface area (Å²) < 4.78 is 0.973. The van der Waals surface area contributed by atoms with Gasteiger partial charge in [-0.25, -0.2) is 4.98 Å². The molecule has 0 spiro atoms. The number of carbonyl (C=O) groups excluding carboxylic acids is 1. The second-order valence-corrected chi connectivity index (χ2v) is 6.48. The number of hydrogen-bond donors (Lipinski definition) is 1. The first-order valence-electron chi connectivity index (χ1n) is 7.35. The van der Waals surface area contributed by atoms with Crippen molar-refractivity contribution in [3.63, 3.8) is 0 Å². The fraction of sp³-hybridized carbons (Fsp3) is 0.294. The van der Waals surface area contributed by atoms with Crippen LogP contribution in [0, 0.1) is 0 Å². The molecule has 0 radical (unpaired) electrons. The monoisotopic (exact) mass is 376 g/mol. The molecule has 1 amide bonds. The number of likely N-dealkylation sites (N-methyl/N-ethyl adjacent to an activating group) is 2. The summed E-state index contributed by atoms with van der Waals surface area (Å²) in [7, 11) is 5.99. The molecular formula is C17H21BrN4O. The largest absolute Gasteiger partial charge is 0.358 e. The van der Waals surface area contributed by atoms with E-state index in [1.807, 2.05) is 50.3 Å². The molecule has 0 aliphatic heterocycles. The van der Waals surface area contributed by atoms with Gasteiger partial charge in [0.2, 0.25) is 0 Å². The third kappa shape index (κ3) is 5.04. The Hall–Kier alpha value is -1.92. The molecule has 0 bridgehead atoms. The van der Waals surface area contributed by atoms with E-state index >= 15 is 0 Å². The summed E-state index contributed by atoms with van der Waals surface area (Å²) in [4.78, 5) is 21.0. The molecule has 1 heterocycles.